The number of aliphatic hydroxyl groups is 1. The largest absolute Gasteiger partial charge is 0.391 e. The minimum absolute atomic E-state index is 0.178. The van der Waals surface area contributed by atoms with Gasteiger partial charge in [-0.1, -0.05) is 0 Å². The molecular formula is C10H15N3O2. The third kappa shape index (κ3) is 2.56. The average molecular weight is 209 g/mol. The van der Waals surface area contributed by atoms with Crippen LogP contribution in [0.4, 0.5) is 0 Å². The van der Waals surface area contributed by atoms with Crippen LogP contribution >= 0.6 is 0 Å². The van der Waals surface area contributed by atoms with E-state index in [1.54, 1.807) is 17.9 Å². The van der Waals surface area contributed by atoms with Crippen molar-refractivity contribution in [2.24, 2.45) is 13.0 Å². The molecule has 1 aromatic rings. The van der Waals surface area contributed by atoms with Crippen molar-refractivity contribution in [1.29, 1.82) is 0 Å². The maximum absolute atomic E-state index is 11.5. The van der Waals surface area contributed by atoms with E-state index in [1.165, 1.54) is 6.20 Å². The molecule has 1 aliphatic rings. The van der Waals surface area contributed by atoms with Crippen LogP contribution in [0.15, 0.2) is 12.4 Å². The monoisotopic (exact) mass is 209 g/mol. The molecular weight excluding hydrogens is 194 g/mol. The minimum atomic E-state index is -0.398. The number of amides is 1. The molecule has 1 aliphatic carbocycles. The van der Waals surface area contributed by atoms with Crippen molar-refractivity contribution < 1.29 is 9.90 Å². The first kappa shape index (κ1) is 10.2. The van der Waals surface area contributed by atoms with E-state index in [4.69, 9.17) is 0 Å². The molecule has 1 atom stereocenters. The molecule has 0 radical (unpaired) electrons. The maximum Gasteiger partial charge on any atom is 0.254 e. The van der Waals surface area contributed by atoms with Gasteiger partial charge < -0.3 is 10.4 Å². The third-order valence-electron chi connectivity index (χ3n) is 2.60. The second-order valence-corrected chi connectivity index (χ2v) is 4.02. The van der Waals surface area contributed by atoms with Gasteiger partial charge in [0, 0.05) is 19.8 Å². The lowest BCUT2D eigenvalue weighted by atomic mass is 10.2. The van der Waals surface area contributed by atoms with Gasteiger partial charge in [-0.05, 0) is 18.8 Å². The van der Waals surface area contributed by atoms with E-state index in [9.17, 15) is 9.90 Å². The van der Waals surface area contributed by atoms with E-state index in [0.29, 0.717) is 18.0 Å². The normalized spacial score (nSPS) is 17.5. The van der Waals surface area contributed by atoms with Crippen LogP contribution in [0.25, 0.3) is 0 Å². The zero-order chi connectivity index (χ0) is 10.8. The van der Waals surface area contributed by atoms with Gasteiger partial charge in [0.2, 0.25) is 0 Å². The Morgan fingerprint density at radius 2 is 2.53 bits per heavy atom. The number of hydrogen-bond acceptors (Lipinski definition) is 3. The van der Waals surface area contributed by atoms with Crippen LogP contribution in [0.1, 0.15) is 23.2 Å². The highest BCUT2D eigenvalue weighted by atomic mass is 16.3. The van der Waals surface area contributed by atoms with Crippen molar-refractivity contribution in [2.45, 2.75) is 18.9 Å². The van der Waals surface area contributed by atoms with Gasteiger partial charge in [-0.15, -0.1) is 0 Å². The molecule has 1 heterocycles. The van der Waals surface area contributed by atoms with Crippen LogP contribution in [0.2, 0.25) is 0 Å². The number of nitrogens with zero attached hydrogens (tertiary/aromatic N) is 2. The summed E-state index contributed by atoms with van der Waals surface area (Å²) in [5.74, 6) is 0.210. The second kappa shape index (κ2) is 4.02. The standard InChI is InChI=1S/C10H15N3O2/c1-13-6-8(4-12-13)10(15)11-5-9(14)7-2-3-7/h4,6-7,9,14H,2-3,5H2,1H3,(H,11,15). The van der Waals surface area contributed by atoms with E-state index in [-0.39, 0.29) is 5.91 Å². The molecule has 0 saturated heterocycles. The highest BCUT2D eigenvalue weighted by molar-refractivity contribution is 5.93. The number of hydrogen-bond donors (Lipinski definition) is 2. The van der Waals surface area contributed by atoms with Crippen LogP contribution in [-0.2, 0) is 7.05 Å². The molecule has 1 unspecified atom stereocenters. The number of nitrogens with one attached hydrogen (secondary N) is 1. The van der Waals surface area contributed by atoms with Crippen molar-refractivity contribution in [1.82, 2.24) is 15.1 Å². The Bertz CT molecular complexity index is 357. The molecule has 82 valence electrons. The summed E-state index contributed by atoms with van der Waals surface area (Å²) >= 11 is 0. The fraction of sp³-hybridized carbons (Fsp3) is 0.600. The Kier molecular flexibility index (Phi) is 2.73. The van der Waals surface area contributed by atoms with Crippen LogP contribution in [-0.4, -0.2) is 33.4 Å². The fourth-order valence-corrected chi connectivity index (χ4v) is 1.49. The van der Waals surface area contributed by atoms with E-state index >= 15 is 0 Å². The van der Waals surface area contributed by atoms with Gasteiger partial charge in [0.1, 0.15) is 0 Å². The quantitative estimate of drug-likeness (QED) is 0.729. The van der Waals surface area contributed by atoms with Gasteiger partial charge in [-0.2, -0.15) is 5.10 Å². The first-order chi connectivity index (χ1) is 7.16. The molecule has 2 rings (SSSR count). The Hall–Kier alpha value is -1.36. The highest BCUT2D eigenvalue weighted by Crippen LogP contribution is 2.32. The van der Waals surface area contributed by atoms with Crippen LogP contribution in [0, 0.1) is 5.92 Å². The van der Waals surface area contributed by atoms with Gasteiger partial charge in [-0.25, -0.2) is 0 Å². The van der Waals surface area contributed by atoms with E-state index < -0.39 is 6.10 Å². The van der Waals surface area contributed by atoms with Crippen LogP contribution in [0.5, 0.6) is 0 Å². The molecule has 15 heavy (non-hydrogen) atoms. The van der Waals surface area contributed by atoms with E-state index in [2.05, 4.69) is 10.4 Å². The molecule has 5 nitrogen and oxygen atoms in total. The summed E-state index contributed by atoms with van der Waals surface area (Å²) in [5.41, 5.74) is 0.528. The third-order valence-corrected chi connectivity index (χ3v) is 2.60. The van der Waals surface area contributed by atoms with E-state index in [1.807, 2.05) is 0 Å². The average Bonchev–Trinajstić information content (AvgIpc) is 2.97. The Morgan fingerprint density at radius 1 is 1.80 bits per heavy atom. The first-order valence-corrected chi connectivity index (χ1v) is 5.11. The predicted octanol–water partition coefficient (Wildman–Crippen LogP) is -0.0792. The summed E-state index contributed by atoms with van der Waals surface area (Å²) in [6.07, 6.45) is 4.91. The van der Waals surface area contributed by atoms with Gasteiger partial charge in [0.25, 0.3) is 5.91 Å². The van der Waals surface area contributed by atoms with Gasteiger partial charge in [0.15, 0.2) is 0 Å². The fourth-order valence-electron chi connectivity index (χ4n) is 1.49. The Balaban J connectivity index is 1.81. The molecule has 1 aromatic heterocycles. The van der Waals surface area contributed by atoms with Crippen LogP contribution in [0.3, 0.4) is 0 Å². The zero-order valence-electron chi connectivity index (χ0n) is 8.68. The molecule has 0 aliphatic heterocycles. The summed E-state index contributed by atoms with van der Waals surface area (Å²) in [6, 6.07) is 0. The molecule has 1 amide bonds. The molecule has 1 fully saturated rings. The van der Waals surface area contributed by atoms with Crippen molar-refractivity contribution in [3.8, 4) is 0 Å². The maximum atomic E-state index is 11.5. The minimum Gasteiger partial charge on any atom is -0.391 e. The smallest absolute Gasteiger partial charge is 0.254 e. The van der Waals surface area contributed by atoms with Crippen LogP contribution < -0.4 is 5.32 Å². The first-order valence-electron chi connectivity index (χ1n) is 5.11. The number of rotatable bonds is 4. The van der Waals surface area contributed by atoms with Gasteiger partial charge in [-0.3, -0.25) is 9.48 Å². The number of aliphatic hydroxyl groups excluding tert-OH is 1. The SMILES string of the molecule is Cn1cc(C(=O)NCC(O)C2CC2)cn1. The summed E-state index contributed by atoms with van der Waals surface area (Å²) in [6.45, 7) is 0.332. The lowest BCUT2D eigenvalue weighted by molar-refractivity contribution is 0.0901. The molecule has 5 heteroatoms. The molecule has 1 saturated carbocycles. The Labute approximate surface area is 88.1 Å². The number of aromatic nitrogens is 2. The zero-order valence-corrected chi connectivity index (χ0v) is 8.68. The highest BCUT2D eigenvalue weighted by Gasteiger charge is 2.29. The summed E-state index contributed by atoms with van der Waals surface area (Å²) in [7, 11) is 1.76. The van der Waals surface area contributed by atoms with Crippen molar-refractivity contribution in [3.05, 3.63) is 18.0 Å². The summed E-state index contributed by atoms with van der Waals surface area (Å²) < 4.78 is 1.58. The lowest BCUT2D eigenvalue weighted by Gasteiger charge is -2.09. The number of carbonyl (C=O) groups is 1. The van der Waals surface area contributed by atoms with Crippen molar-refractivity contribution >= 4 is 5.91 Å². The summed E-state index contributed by atoms with van der Waals surface area (Å²) in [4.78, 5) is 11.5. The predicted molar refractivity (Wildman–Crippen MR) is 54.3 cm³/mol. The topological polar surface area (TPSA) is 67.2 Å². The summed E-state index contributed by atoms with van der Waals surface area (Å²) in [5, 5.41) is 16.2. The molecule has 0 aromatic carbocycles. The number of aryl methyl sites for hydroxylation is 1. The van der Waals surface area contributed by atoms with Crippen molar-refractivity contribution in [3.63, 3.8) is 0 Å². The van der Waals surface area contributed by atoms with Gasteiger partial charge >= 0.3 is 0 Å². The van der Waals surface area contributed by atoms with Crippen molar-refractivity contribution in [2.75, 3.05) is 6.54 Å². The Morgan fingerprint density at radius 3 is 3.07 bits per heavy atom. The van der Waals surface area contributed by atoms with Gasteiger partial charge in [0.05, 0.1) is 17.9 Å². The molecule has 2 N–H and O–H groups in total. The second-order valence-electron chi connectivity index (χ2n) is 4.02. The molecule has 0 spiro atoms. The number of carbonyl (C=O) groups excluding carboxylic acids is 1. The van der Waals surface area contributed by atoms with E-state index in [0.717, 1.165) is 12.8 Å². The molecule has 0 bridgehead atoms. The lowest BCUT2D eigenvalue weighted by Crippen LogP contribution is -2.32.